The Morgan fingerprint density at radius 1 is 1.04 bits per heavy atom. The molecule has 0 bridgehead atoms. The standard InChI is InChI=1S/C18H16ClN3O2/c19-15-9-5-4-8-14(15)12-16-21-22-18(24-16)17(23)20-11-10-13-6-2-1-3-7-13/h1-9H,10-12H2,(H,20,23). The van der Waals surface area contributed by atoms with Crippen LogP contribution in [0.25, 0.3) is 0 Å². The van der Waals surface area contributed by atoms with Crippen LogP contribution in [0.1, 0.15) is 27.7 Å². The summed E-state index contributed by atoms with van der Waals surface area (Å²) in [7, 11) is 0. The van der Waals surface area contributed by atoms with Crippen molar-refractivity contribution in [3.63, 3.8) is 0 Å². The first kappa shape index (κ1) is 16.2. The van der Waals surface area contributed by atoms with Gasteiger partial charge in [0, 0.05) is 11.6 Å². The molecule has 6 heteroatoms. The van der Waals surface area contributed by atoms with Crippen molar-refractivity contribution >= 4 is 17.5 Å². The minimum atomic E-state index is -0.371. The highest BCUT2D eigenvalue weighted by molar-refractivity contribution is 6.31. The zero-order valence-corrected chi connectivity index (χ0v) is 13.7. The van der Waals surface area contributed by atoms with Gasteiger partial charge in [-0.1, -0.05) is 60.1 Å². The second-order valence-electron chi connectivity index (χ2n) is 5.26. The second kappa shape index (κ2) is 7.75. The molecule has 122 valence electrons. The van der Waals surface area contributed by atoms with Gasteiger partial charge in [0.15, 0.2) is 0 Å². The van der Waals surface area contributed by atoms with E-state index < -0.39 is 0 Å². The summed E-state index contributed by atoms with van der Waals surface area (Å²) in [6, 6.07) is 17.3. The fraction of sp³-hybridized carbons (Fsp3) is 0.167. The number of hydrogen-bond acceptors (Lipinski definition) is 4. The Kier molecular flexibility index (Phi) is 5.23. The average Bonchev–Trinajstić information content (AvgIpc) is 3.07. The van der Waals surface area contributed by atoms with Crippen molar-refractivity contribution in [1.82, 2.24) is 15.5 Å². The predicted molar refractivity (Wildman–Crippen MR) is 91.0 cm³/mol. The second-order valence-corrected chi connectivity index (χ2v) is 5.67. The van der Waals surface area contributed by atoms with Crippen LogP contribution in [0, 0.1) is 0 Å². The number of halogens is 1. The highest BCUT2D eigenvalue weighted by Gasteiger charge is 2.15. The number of carbonyl (C=O) groups is 1. The monoisotopic (exact) mass is 341 g/mol. The minimum Gasteiger partial charge on any atom is -0.417 e. The molecule has 0 atom stereocenters. The molecule has 3 aromatic rings. The Hall–Kier alpha value is -2.66. The number of rotatable bonds is 6. The molecule has 1 heterocycles. The topological polar surface area (TPSA) is 68.0 Å². The quantitative estimate of drug-likeness (QED) is 0.747. The Morgan fingerprint density at radius 2 is 1.79 bits per heavy atom. The van der Waals surface area contributed by atoms with E-state index in [1.807, 2.05) is 48.5 Å². The lowest BCUT2D eigenvalue weighted by molar-refractivity contribution is 0.0918. The molecular formula is C18H16ClN3O2. The van der Waals surface area contributed by atoms with Crippen molar-refractivity contribution in [3.8, 4) is 0 Å². The summed E-state index contributed by atoms with van der Waals surface area (Å²) in [5, 5.41) is 11.1. The maximum Gasteiger partial charge on any atom is 0.308 e. The molecule has 0 unspecified atom stereocenters. The van der Waals surface area contributed by atoms with Crippen LogP contribution in [-0.2, 0) is 12.8 Å². The van der Waals surface area contributed by atoms with Crippen molar-refractivity contribution in [2.24, 2.45) is 0 Å². The molecule has 24 heavy (non-hydrogen) atoms. The van der Waals surface area contributed by atoms with Crippen molar-refractivity contribution in [2.45, 2.75) is 12.8 Å². The smallest absolute Gasteiger partial charge is 0.308 e. The zero-order chi connectivity index (χ0) is 16.8. The molecule has 2 aromatic carbocycles. The van der Waals surface area contributed by atoms with E-state index in [4.69, 9.17) is 16.0 Å². The van der Waals surface area contributed by atoms with Crippen LogP contribution in [0.5, 0.6) is 0 Å². The lowest BCUT2D eigenvalue weighted by Gasteiger charge is -2.02. The van der Waals surface area contributed by atoms with Crippen LogP contribution in [-0.4, -0.2) is 22.6 Å². The Morgan fingerprint density at radius 3 is 2.58 bits per heavy atom. The normalized spacial score (nSPS) is 10.5. The summed E-state index contributed by atoms with van der Waals surface area (Å²) in [6.07, 6.45) is 1.14. The molecule has 1 aromatic heterocycles. The Bertz CT molecular complexity index is 818. The van der Waals surface area contributed by atoms with E-state index in [-0.39, 0.29) is 11.8 Å². The molecule has 0 aliphatic heterocycles. The van der Waals surface area contributed by atoms with Crippen molar-refractivity contribution in [2.75, 3.05) is 6.54 Å². The zero-order valence-electron chi connectivity index (χ0n) is 12.9. The summed E-state index contributed by atoms with van der Waals surface area (Å²) in [5.74, 6) is -0.0507. The van der Waals surface area contributed by atoms with E-state index in [9.17, 15) is 4.79 Å². The highest BCUT2D eigenvalue weighted by atomic mass is 35.5. The van der Waals surface area contributed by atoms with Gasteiger partial charge in [-0.25, -0.2) is 0 Å². The van der Waals surface area contributed by atoms with E-state index in [1.165, 1.54) is 0 Å². The number of aromatic nitrogens is 2. The van der Waals surface area contributed by atoms with Gasteiger partial charge in [0.2, 0.25) is 5.89 Å². The molecule has 0 aliphatic rings. The van der Waals surface area contributed by atoms with Crippen LogP contribution in [0.3, 0.4) is 0 Å². The predicted octanol–water partition coefficient (Wildman–Crippen LogP) is 3.29. The molecule has 0 saturated carbocycles. The minimum absolute atomic E-state index is 0.0369. The third-order valence-corrected chi connectivity index (χ3v) is 3.87. The molecular weight excluding hydrogens is 326 g/mol. The lowest BCUT2D eigenvalue weighted by atomic mass is 10.1. The molecule has 3 rings (SSSR count). The first-order chi connectivity index (χ1) is 11.7. The molecule has 1 amide bonds. The summed E-state index contributed by atoms with van der Waals surface area (Å²) < 4.78 is 5.41. The summed E-state index contributed by atoms with van der Waals surface area (Å²) in [6.45, 7) is 0.505. The Balaban J connectivity index is 1.55. The van der Waals surface area contributed by atoms with Gasteiger partial charge in [-0.2, -0.15) is 0 Å². The van der Waals surface area contributed by atoms with Crippen molar-refractivity contribution in [1.29, 1.82) is 0 Å². The van der Waals surface area contributed by atoms with Gasteiger partial charge in [-0.3, -0.25) is 4.79 Å². The molecule has 5 nitrogen and oxygen atoms in total. The maximum absolute atomic E-state index is 12.0. The first-order valence-electron chi connectivity index (χ1n) is 7.60. The van der Waals surface area contributed by atoms with Gasteiger partial charge in [0.25, 0.3) is 0 Å². The fourth-order valence-electron chi connectivity index (χ4n) is 2.26. The number of nitrogens with zero attached hydrogens (tertiary/aromatic N) is 2. The summed E-state index contributed by atoms with van der Waals surface area (Å²) >= 11 is 6.10. The molecule has 0 aliphatic carbocycles. The van der Waals surface area contributed by atoms with Gasteiger partial charge in [0.1, 0.15) is 0 Å². The third-order valence-electron chi connectivity index (χ3n) is 3.50. The molecule has 0 saturated heterocycles. The van der Waals surface area contributed by atoms with Crippen molar-refractivity contribution in [3.05, 3.63) is 82.5 Å². The van der Waals surface area contributed by atoms with Gasteiger partial charge in [-0.05, 0) is 23.6 Å². The average molecular weight is 342 g/mol. The van der Waals surface area contributed by atoms with Crippen LogP contribution >= 0.6 is 11.6 Å². The molecule has 0 radical (unpaired) electrons. The number of nitrogens with one attached hydrogen (secondary N) is 1. The van der Waals surface area contributed by atoms with Crippen LogP contribution in [0.2, 0.25) is 5.02 Å². The van der Waals surface area contributed by atoms with Crippen LogP contribution in [0.15, 0.2) is 59.0 Å². The van der Waals surface area contributed by atoms with E-state index in [2.05, 4.69) is 15.5 Å². The maximum atomic E-state index is 12.0. The summed E-state index contributed by atoms with van der Waals surface area (Å²) in [5.41, 5.74) is 2.03. The largest absolute Gasteiger partial charge is 0.417 e. The summed E-state index contributed by atoms with van der Waals surface area (Å²) in [4.78, 5) is 12.0. The number of hydrogen-bond donors (Lipinski definition) is 1. The van der Waals surface area contributed by atoms with Gasteiger partial charge < -0.3 is 9.73 Å². The van der Waals surface area contributed by atoms with E-state index in [0.717, 1.165) is 17.5 Å². The third kappa shape index (κ3) is 4.20. The first-order valence-corrected chi connectivity index (χ1v) is 7.98. The van der Waals surface area contributed by atoms with Gasteiger partial charge in [0.05, 0.1) is 6.42 Å². The van der Waals surface area contributed by atoms with E-state index in [1.54, 1.807) is 6.07 Å². The van der Waals surface area contributed by atoms with Gasteiger partial charge >= 0.3 is 11.8 Å². The SMILES string of the molecule is O=C(NCCc1ccccc1)c1nnc(Cc2ccccc2Cl)o1. The molecule has 0 spiro atoms. The van der Waals surface area contributed by atoms with Crippen LogP contribution in [0.4, 0.5) is 0 Å². The number of carbonyl (C=O) groups excluding carboxylic acids is 1. The Labute approximate surface area is 144 Å². The van der Waals surface area contributed by atoms with Crippen molar-refractivity contribution < 1.29 is 9.21 Å². The van der Waals surface area contributed by atoms with Gasteiger partial charge in [-0.15, -0.1) is 10.2 Å². The lowest BCUT2D eigenvalue weighted by Crippen LogP contribution is -2.26. The molecule has 1 N–H and O–H groups in total. The van der Waals surface area contributed by atoms with Crippen LogP contribution < -0.4 is 5.32 Å². The fourth-order valence-corrected chi connectivity index (χ4v) is 2.46. The highest BCUT2D eigenvalue weighted by Crippen LogP contribution is 2.18. The van der Waals surface area contributed by atoms with E-state index in [0.29, 0.717) is 23.9 Å². The number of benzene rings is 2. The van der Waals surface area contributed by atoms with E-state index >= 15 is 0 Å². The molecule has 0 fully saturated rings. The number of amides is 1.